The van der Waals surface area contributed by atoms with Gasteiger partial charge in [0.15, 0.2) is 0 Å². The fraction of sp³-hybridized carbons (Fsp3) is 0.737. The summed E-state index contributed by atoms with van der Waals surface area (Å²) in [5, 5.41) is 0. The summed E-state index contributed by atoms with van der Waals surface area (Å²) in [6.45, 7) is 7.52. The van der Waals surface area contributed by atoms with E-state index in [4.69, 9.17) is 9.72 Å². The van der Waals surface area contributed by atoms with Crippen LogP contribution < -0.4 is 9.80 Å². The number of rotatable bonds is 4. The van der Waals surface area contributed by atoms with E-state index in [2.05, 4.69) is 27.8 Å². The van der Waals surface area contributed by atoms with Crippen LogP contribution in [0.4, 0.5) is 16.6 Å². The van der Waals surface area contributed by atoms with E-state index in [-0.39, 0.29) is 6.09 Å². The zero-order chi connectivity index (χ0) is 19.4. The van der Waals surface area contributed by atoms with Crippen molar-refractivity contribution in [3.8, 4) is 0 Å². The number of aromatic nitrogens is 2. The minimum atomic E-state index is -0.211. The molecule has 8 heteroatoms. The number of piperazine rings is 1. The van der Waals surface area contributed by atoms with Gasteiger partial charge in [0.1, 0.15) is 5.82 Å². The summed E-state index contributed by atoms with van der Waals surface area (Å²) in [5.74, 6) is 1.82. The number of aryl methyl sites for hydroxylation is 1. The molecular weight excluding hydrogens is 344 g/mol. The molecule has 2 aliphatic rings. The molecule has 150 valence electrons. The highest BCUT2D eigenvalue weighted by atomic mass is 16.5. The SMILES string of the molecule is CCc1cc(N2CCC(N3CCN(C(=O)OC)CC3)CC2)nc(N(C)C)n1. The number of anilines is 2. The number of methoxy groups -OCH3 is 1. The first-order chi connectivity index (χ1) is 13.0. The predicted molar refractivity (Wildman–Crippen MR) is 107 cm³/mol. The number of nitrogens with zero attached hydrogens (tertiary/aromatic N) is 6. The molecule has 0 spiro atoms. The van der Waals surface area contributed by atoms with E-state index >= 15 is 0 Å². The van der Waals surface area contributed by atoms with E-state index in [0.29, 0.717) is 6.04 Å². The van der Waals surface area contributed by atoms with Gasteiger partial charge in [-0.05, 0) is 19.3 Å². The monoisotopic (exact) mass is 376 g/mol. The molecule has 0 saturated carbocycles. The van der Waals surface area contributed by atoms with Crippen molar-refractivity contribution in [3.63, 3.8) is 0 Å². The Balaban J connectivity index is 1.56. The fourth-order valence-electron chi connectivity index (χ4n) is 3.87. The Morgan fingerprint density at radius 1 is 1.15 bits per heavy atom. The molecule has 0 unspecified atom stereocenters. The van der Waals surface area contributed by atoms with Crippen molar-refractivity contribution in [2.75, 3.05) is 70.3 Å². The van der Waals surface area contributed by atoms with Crippen LogP contribution in [0.25, 0.3) is 0 Å². The second-order valence-corrected chi connectivity index (χ2v) is 7.48. The number of ether oxygens (including phenoxy) is 1. The quantitative estimate of drug-likeness (QED) is 0.788. The Morgan fingerprint density at radius 2 is 1.81 bits per heavy atom. The lowest BCUT2D eigenvalue weighted by molar-refractivity contribution is 0.0686. The van der Waals surface area contributed by atoms with Crippen molar-refractivity contribution in [2.45, 2.75) is 32.2 Å². The molecule has 2 fully saturated rings. The van der Waals surface area contributed by atoms with Gasteiger partial charge in [-0.3, -0.25) is 4.90 Å². The summed E-state index contributed by atoms with van der Waals surface area (Å²) in [6.07, 6.45) is 2.95. The van der Waals surface area contributed by atoms with Gasteiger partial charge in [0.05, 0.1) is 7.11 Å². The maximum absolute atomic E-state index is 11.6. The molecule has 0 atom stereocenters. The van der Waals surface area contributed by atoms with Crippen LogP contribution in [0.3, 0.4) is 0 Å². The predicted octanol–water partition coefficient (Wildman–Crippen LogP) is 1.46. The highest BCUT2D eigenvalue weighted by molar-refractivity contribution is 5.67. The third kappa shape index (κ3) is 4.61. The smallest absolute Gasteiger partial charge is 0.409 e. The summed E-state index contributed by atoms with van der Waals surface area (Å²) in [7, 11) is 5.42. The Hall–Kier alpha value is -2.09. The van der Waals surface area contributed by atoms with Crippen molar-refractivity contribution < 1.29 is 9.53 Å². The van der Waals surface area contributed by atoms with Gasteiger partial charge in [-0.25, -0.2) is 9.78 Å². The summed E-state index contributed by atoms with van der Waals surface area (Å²) >= 11 is 0. The van der Waals surface area contributed by atoms with E-state index in [1.165, 1.54) is 7.11 Å². The Morgan fingerprint density at radius 3 is 2.37 bits per heavy atom. The number of carbonyl (C=O) groups excluding carboxylic acids is 1. The summed E-state index contributed by atoms with van der Waals surface area (Å²) < 4.78 is 4.83. The van der Waals surface area contributed by atoms with Crippen molar-refractivity contribution >= 4 is 17.9 Å². The van der Waals surface area contributed by atoms with Crippen molar-refractivity contribution in [2.24, 2.45) is 0 Å². The van der Waals surface area contributed by atoms with Gasteiger partial charge < -0.3 is 19.4 Å². The van der Waals surface area contributed by atoms with Crippen LogP contribution in [0.2, 0.25) is 0 Å². The molecule has 27 heavy (non-hydrogen) atoms. The van der Waals surface area contributed by atoms with Gasteiger partial charge >= 0.3 is 6.09 Å². The minimum absolute atomic E-state index is 0.211. The first-order valence-electron chi connectivity index (χ1n) is 9.89. The molecule has 1 amide bonds. The highest BCUT2D eigenvalue weighted by Gasteiger charge is 2.29. The van der Waals surface area contributed by atoms with Crippen molar-refractivity contribution in [3.05, 3.63) is 11.8 Å². The first kappa shape index (κ1) is 19.7. The fourth-order valence-corrected chi connectivity index (χ4v) is 3.87. The molecule has 2 aliphatic heterocycles. The summed E-state index contributed by atoms with van der Waals surface area (Å²) in [6, 6.07) is 2.71. The second kappa shape index (κ2) is 8.73. The van der Waals surface area contributed by atoms with Crippen LogP contribution in [0, 0.1) is 0 Å². The molecule has 8 nitrogen and oxygen atoms in total. The molecule has 0 radical (unpaired) electrons. The van der Waals surface area contributed by atoms with Gasteiger partial charge in [0.2, 0.25) is 5.95 Å². The highest BCUT2D eigenvalue weighted by Crippen LogP contribution is 2.24. The number of hydrogen-bond donors (Lipinski definition) is 0. The zero-order valence-corrected chi connectivity index (χ0v) is 17.0. The Kier molecular flexibility index (Phi) is 6.36. The van der Waals surface area contributed by atoms with E-state index in [1.54, 1.807) is 4.90 Å². The van der Waals surface area contributed by atoms with Crippen LogP contribution in [0.15, 0.2) is 6.07 Å². The van der Waals surface area contributed by atoms with Gasteiger partial charge in [-0.15, -0.1) is 0 Å². The summed E-state index contributed by atoms with van der Waals surface area (Å²) in [4.78, 5) is 29.7. The second-order valence-electron chi connectivity index (χ2n) is 7.48. The van der Waals surface area contributed by atoms with Crippen molar-refractivity contribution in [1.82, 2.24) is 19.8 Å². The van der Waals surface area contributed by atoms with E-state index in [0.717, 1.165) is 76.0 Å². The first-order valence-corrected chi connectivity index (χ1v) is 9.89. The van der Waals surface area contributed by atoms with E-state index in [9.17, 15) is 4.79 Å². The van der Waals surface area contributed by atoms with Gasteiger partial charge in [-0.2, -0.15) is 4.98 Å². The minimum Gasteiger partial charge on any atom is -0.453 e. The average molecular weight is 377 g/mol. The lowest BCUT2D eigenvalue weighted by Gasteiger charge is -2.42. The molecule has 1 aromatic heterocycles. The molecule has 2 saturated heterocycles. The number of piperidine rings is 1. The lowest BCUT2D eigenvalue weighted by Crippen LogP contribution is -2.54. The van der Waals surface area contributed by atoms with Crippen LogP contribution in [-0.4, -0.2) is 92.4 Å². The normalized spacial score (nSPS) is 19.3. The maximum Gasteiger partial charge on any atom is 0.409 e. The Bertz CT molecular complexity index is 637. The maximum atomic E-state index is 11.6. The number of amides is 1. The molecule has 1 aromatic rings. The Labute approximate surface area is 162 Å². The standard InChI is InChI=1S/C19H32N6O2/c1-5-15-14-17(21-18(20-15)22(2)3)24-8-6-16(7-9-24)23-10-12-25(13-11-23)19(26)27-4/h14,16H,5-13H2,1-4H3. The zero-order valence-electron chi connectivity index (χ0n) is 17.0. The molecular formula is C19H32N6O2. The van der Waals surface area contributed by atoms with Crippen LogP contribution in [0.5, 0.6) is 0 Å². The molecule has 0 aliphatic carbocycles. The van der Waals surface area contributed by atoms with Gasteiger partial charge in [0.25, 0.3) is 0 Å². The van der Waals surface area contributed by atoms with Gasteiger partial charge in [-0.1, -0.05) is 6.92 Å². The molecule has 3 rings (SSSR count). The molecule has 0 aromatic carbocycles. The molecule has 0 N–H and O–H groups in total. The average Bonchev–Trinajstić information content (AvgIpc) is 2.73. The summed E-state index contributed by atoms with van der Waals surface area (Å²) in [5.41, 5.74) is 1.09. The molecule has 3 heterocycles. The largest absolute Gasteiger partial charge is 0.453 e. The lowest BCUT2D eigenvalue weighted by atomic mass is 10.0. The van der Waals surface area contributed by atoms with Crippen molar-refractivity contribution in [1.29, 1.82) is 0 Å². The number of carbonyl (C=O) groups is 1. The third-order valence-electron chi connectivity index (χ3n) is 5.57. The van der Waals surface area contributed by atoms with E-state index in [1.807, 2.05) is 19.0 Å². The topological polar surface area (TPSA) is 65.0 Å². The van der Waals surface area contributed by atoms with Crippen LogP contribution in [0.1, 0.15) is 25.5 Å². The van der Waals surface area contributed by atoms with Gasteiger partial charge in [0, 0.05) is 71.2 Å². The molecule has 0 bridgehead atoms. The number of hydrogen-bond acceptors (Lipinski definition) is 7. The van der Waals surface area contributed by atoms with E-state index < -0.39 is 0 Å². The third-order valence-corrected chi connectivity index (χ3v) is 5.57. The van der Waals surface area contributed by atoms with Crippen LogP contribution >= 0.6 is 0 Å². The van der Waals surface area contributed by atoms with Crippen LogP contribution in [-0.2, 0) is 11.2 Å².